The number of likely N-dealkylation sites (N-methyl/N-ethyl adjacent to an activating group) is 1. The topological polar surface area (TPSA) is 44.4 Å². The summed E-state index contributed by atoms with van der Waals surface area (Å²) < 4.78 is 0. The highest BCUT2D eigenvalue weighted by atomic mass is 16.1. The minimum absolute atomic E-state index is 0.124. The van der Waals surface area contributed by atoms with Crippen molar-refractivity contribution in [2.45, 2.75) is 6.42 Å². The van der Waals surface area contributed by atoms with Crippen molar-refractivity contribution in [2.75, 3.05) is 40.8 Å². The molecule has 12 heavy (non-hydrogen) atoms. The molecule has 0 aliphatic rings. The summed E-state index contributed by atoms with van der Waals surface area (Å²) in [5, 5.41) is 5.77. The van der Waals surface area contributed by atoms with Gasteiger partial charge < -0.3 is 15.5 Å². The van der Waals surface area contributed by atoms with Crippen LogP contribution in [0.15, 0.2) is 0 Å². The molecule has 0 atom stereocenters. The molecule has 2 N–H and O–H groups in total. The monoisotopic (exact) mass is 173 g/mol. The van der Waals surface area contributed by atoms with Crippen LogP contribution in [0.25, 0.3) is 0 Å². The molecule has 0 heterocycles. The summed E-state index contributed by atoms with van der Waals surface area (Å²) in [5.41, 5.74) is 0. The molecule has 0 saturated heterocycles. The average molecular weight is 173 g/mol. The summed E-state index contributed by atoms with van der Waals surface area (Å²) in [4.78, 5) is 13.1. The Bertz CT molecular complexity index is 125. The number of rotatable bonds is 6. The Morgan fingerprint density at radius 1 is 1.33 bits per heavy atom. The van der Waals surface area contributed by atoms with Gasteiger partial charge in [0.05, 0.1) is 0 Å². The molecule has 0 bridgehead atoms. The van der Waals surface area contributed by atoms with Crippen molar-refractivity contribution in [1.29, 1.82) is 0 Å². The fraction of sp³-hybridized carbons (Fsp3) is 0.875. The fourth-order valence-corrected chi connectivity index (χ4v) is 0.740. The Kier molecular flexibility index (Phi) is 6.70. The molecule has 0 aromatic heterocycles. The van der Waals surface area contributed by atoms with Crippen molar-refractivity contribution >= 4 is 5.91 Å². The van der Waals surface area contributed by atoms with Crippen LogP contribution in [0, 0.1) is 0 Å². The zero-order chi connectivity index (χ0) is 9.40. The second-order valence-corrected chi connectivity index (χ2v) is 3.01. The molecule has 0 aromatic carbocycles. The van der Waals surface area contributed by atoms with E-state index >= 15 is 0 Å². The number of hydrogen-bond donors (Lipinski definition) is 2. The maximum atomic E-state index is 11.1. The number of carbonyl (C=O) groups excluding carboxylic acids is 1. The minimum atomic E-state index is 0.124. The molecule has 0 spiro atoms. The van der Waals surface area contributed by atoms with Crippen molar-refractivity contribution < 1.29 is 4.79 Å². The van der Waals surface area contributed by atoms with E-state index in [1.807, 2.05) is 26.0 Å². The minimum Gasteiger partial charge on any atom is -0.355 e. The number of hydrogen-bond acceptors (Lipinski definition) is 3. The van der Waals surface area contributed by atoms with Crippen molar-refractivity contribution in [1.82, 2.24) is 15.5 Å². The van der Waals surface area contributed by atoms with E-state index in [1.54, 1.807) is 0 Å². The molecule has 0 unspecified atom stereocenters. The molecule has 0 rings (SSSR count). The number of nitrogens with one attached hydrogen (secondary N) is 2. The van der Waals surface area contributed by atoms with Gasteiger partial charge in [-0.3, -0.25) is 4.79 Å². The van der Waals surface area contributed by atoms with Crippen LogP contribution in [0.2, 0.25) is 0 Å². The van der Waals surface area contributed by atoms with Crippen molar-refractivity contribution in [2.24, 2.45) is 0 Å². The van der Waals surface area contributed by atoms with Gasteiger partial charge in [-0.2, -0.15) is 0 Å². The highest BCUT2D eigenvalue weighted by Gasteiger charge is 1.99. The molecule has 4 heteroatoms. The first-order valence-electron chi connectivity index (χ1n) is 4.23. The lowest BCUT2D eigenvalue weighted by molar-refractivity contribution is -0.121. The molecule has 0 saturated carbocycles. The van der Waals surface area contributed by atoms with Crippen LogP contribution >= 0.6 is 0 Å². The summed E-state index contributed by atoms with van der Waals surface area (Å²) in [6, 6.07) is 0. The second kappa shape index (κ2) is 7.06. The van der Waals surface area contributed by atoms with Gasteiger partial charge in [0, 0.05) is 26.1 Å². The predicted molar refractivity (Wildman–Crippen MR) is 50.1 cm³/mol. The van der Waals surface area contributed by atoms with Gasteiger partial charge in [0.15, 0.2) is 0 Å². The lowest BCUT2D eigenvalue weighted by Crippen LogP contribution is -2.32. The van der Waals surface area contributed by atoms with E-state index in [2.05, 4.69) is 10.6 Å². The van der Waals surface area contributed by atoms with Crippen LogP contribution in [0.3, 0.4) is 0 Å². The first-order chi connectivity index (χ1) is 5.66. The van der Waals surface area contributed by atoms with E-state index in [4.69, 9.17) is 0 Å². The standard InChI is InChI=1S/C8H19N3O/c1-9-5-6-10-8(12)4-7-11(2)3/h9H,4-7H2,1-3H3,(H,10,12). The van der Waals surface area contributed by atoms with E-state index in [9.17, 15) is 4.79 Å². The number of nitrogens with zero attached hydrogens (tertiary/aromatic N) is 1. The zero-order valence-corrected chi connectivity index (χ0v) is 8.18. The van der Waals surface area contributed by atoms with Gasteiger partial charge in [0.25, 0.3) is 0 Å². The largest absolute Gasteiger partial charge is 0.355 e. The van der Waals surface area contributed by atoms with Gasteiger partial charge in [-0.1, -0.05) is 0 Å². The van der Waals surface area contributed by atoms with E-state index in [1.165, 1.54) is 0 Å². The summed E-state index contributed by atoms with van der Waals surface area (Å²) in [6.07, 6.45) is 0.580. The van der Waals surface area contributed by atoms with Crippen LogP contribution in [-0.4, -0.2) is 51.6 Å². The normalized spacial score (nSPS) is 10.3. The molecule has 1 amide bonds. The van der Waals surface area contributed by atoms with Gasteiger partial charge in [0.2, 0.25) is 5.91 Å². The van der Waals surface area contributed by atoms with Crippen LogP contribution in [-0.2, 0) is 4.79 Å². The van der Waals surface area contributed by atoms with E-state index in [0.29, 0.717) is 13.0 Å². The fourth-order valence-electron chi connectivity index (χ4n) is 0.740. The molecule has 0 aliphatic carbocycles. The summed E-state index contributed by atoms with van der Waals surface area (Å²) in [6.45, 7) is 2.35. The lowest BCUT2D eigenvalue weighted by Gasteiger charge is -2.09. The third-order valence-corrected chi connectivity index (χ3v) is 1.48. The van der Waals surface area contributed by atoms with Crippen LogP contribution in [0.5, 0.6) is 0 Å². The second-order valence-electron chi connectivity index (χ2n) is 3.01. The molecular weight excluding hydrogens is 154 g/mol. The van der Waals surface area contributed by atoms with Gasteiger partial charge in [0.1, 0.15) is 0 Å². The van der Waals surface area contributed by atoms with E-state index < -0.39 is 0 Å². The first kappa shape index (κ1) is 11.4. The van der Waals surface area contributed by atoms with Gasteiger partial charge >= 0.3 is 0 Å². The predicted octanol–water partition coefficient (Wildman–Crippen LogP) is -0.726. The molecule has 72 valence electrons. The molecule has 4 nitrogen and oxygen atoms in total. The van der Waals surface area contributed by atoms with Crippen LogP contribution < -0.4 is 10.6 Å². The van der Waals surface area contributed by atoms with Gasteiger partial charge in [-0.05, 0) is 21.1 Å². The molecular formula is C8H19N3O. The lowest BCUT2D eigenvalue weighted by atomic mass is 10.4. The summed E-state index contributed by atoms with van der Waals surface area (Å²) in [7, 11) is 5.79. The van der Waals surface area contributed by atoms with Gasteiger partial charge in [-0.15, -0.1) is 0 Å². The summed E-state index contributed by atoms with van der Waals surface area (Å²) >= 11 is 0. The third-order valence-electron chi connectivity index (χ3n) is 1.48. The summed E-state index contributed by atoms with van der Waals surface area (Å²) in [5.74, 6) is 0.124. The smallest absolute Gasteiger partial charge is 0.221 e. The first-order valence-corrected chi connectivity index (χ1v) is 4.23. The average Bonchev–Trinajstić information content (AvgIpc) is 2.01. The highest BCUT2D eigenvalue weighted by Crippen LogP contribution is 1.82. The Morgan fingerprint density at radius 2 is 2.00 bits per heavy atom. The van der Waals surface area contributed by atoms with E-state index in [0.717, 1.165) is 13.1 Å². The van der Waals surface area contributed by atoms with Gasteiger partial charge in [-0.25, -0.2) is 0 Å². The molecule has 0 fully saturated rings. The van der Waals surface area contributed by atoms with Crippen LogP contribution in [0.1, 0.15) is 6.42 Å². The Labute approximate surface area is 74.3 Å². The van der Waals surface area contributed by atoms with Crippen molar-refractivity contribution in [3.8, 4) is 0 Å². The Balaban J connectivity index is 3.22. The maximum Gasteiger partial charge on any atom is 0.221 e. The zero-order valence-electron chi connectivity index (χ0n) is 8.18. The Morgan fingerprint density at radius 3 is 2.50 bits per heavy atom. The SMILES string of the molecule is CNCCNC(=O)CCN(C)C. The third kappa shape index (κ3) is 7.50. The molecule has 0 radical (unpaired) electrons. The molecule has 0 aromatic rings. The highest BCUT2D eigenvalue weighted by molar-refractivity contribution is 5.75. The number of amides is 1. The van der Waals surface area contributed by atoms with Crippen molar-refractivity contribution in [3.63, 3.8) is 0 Å². The quantitative estimate of drug-likeness (QED) is 0.521. The number of carbonyl (C=O) groups is 1. The molecule has 0 aliphatic heterocycles. The Hall–Kier alpha value is -0.610. The van der Waals surface area contributed by atoms with Crippen molar-refractivity contribution in [3.05, 3.63) is 0 Å². The maximum absolute atomic E-state index is 11.1. The van der Waals surface area contributed by atoms with E-state index in [-0.39, 0.29) is 5.91 Å². The van der Waals surface area contributed by atoms with Crippen LogP contribution in [0.4, 0.5) is 0 Å².